The number of nitrogens with one attached hydrogen (secondary N) is 3. The van der Waals surface area contributed by atoms with E-state index >= 15 is 0 Å². The largest absolute Gasteiger partial charge is 0.355 e. The third-order valence-corrected chi connectivity index (χ3v) is 7.50. The van der Waals surface area contributed by atoms with Crippen molar-refractivity contribution in [2.45, 2.75) is 48.9 Å². The quantitative estimate of drug-likeness (QED) is 0.426. The van der Waals surface area contributed by atoms with Gasteiger partial charge in [-0.3, -0.25) is 4.79 Å². The van der Waals surface area contributed by atoms with Crippen LogP contribution in [0.2, 0.25) is 0 Å². The lowest BCUT2D eigenvalue weighted by molar-refractivity contribution is -0.121. The average molecular weight is 424 g/mol. The molecule has 158 valence electrons. The fourth-order valence-electron chi connectivity index (χ4n) is 4.38. The van der Waals surface area contributed by atoms with Crippen LogP contribution in [0.25, 0.3) is 0 Å². The van der Waals surface area contributed by atoms with Gasteiger partial charge in [-0.25, -0.2) is 4.79 Å². The number of fused-ring (bicyclic) bond motifs is 1. The second-order valence-corrected chi connectivity index (χ2v) is 9.32. The third kappa shape index (κ3) is 5.17. The van der Waals surface area contributed by atoms with Crippen molar-refractivity contribution in [3.63, 3.8) is 0 Å². The Bertz CT molecular complexity index is 807. The first-order valence-electron chi connectivity index (χ1n) is 10.8. The van der Waals surface area contributed by atoms with Gasteiger partial charge >= 0.3 is 6.03 Å². The van der Waals surface area contributed by atoms with Crippen LogP contribution in [0.4, 0.5) is 4.79 Å². The maximum atomic E-state index is 12.4. The molecule has 0 saturated carbocycles. The monoisotopic (exact) mass is 423 g/mol. The number of thioether (sulfide) groups is 1. The summed E-state index contributed by atoms with van der Waals surface area (Å²) in [5.74, 6) is 1.25. The van der Waals surface area contributed by atoms with E-state index in [9.17, 15) is 9.59 Å². The van der Waals surface area contributed by atoms with E-state index in [0.29, 0.717) is 18.2 Å². The van der Waals surface area contributed by atoms with Gasteiger partial charge in [-0.15, -0.1) is 0 Å². The van der Waals surface area contributed by atoms with Crippen molar-refractivity contribution in [1.82, 2.24) is 16.0 Å². The molecule has 4 rings (SSSR count). The molecule has 2 saturated heterocycles. The van der Waals surface area contributed by atoms with Gasteiger partial charge in [0.1, 0.15) is 0 Å². The van der Waals surface area contributed by atoms with Crippen molar-refractivity contribution in [3.05, 3.63) is 71.8 Å². The zero-order valence-corrected chi connectivity index (χ0v) is 17.9. The van der Waals surface area contributed by atoms with Crippen molar-refractivity contribution in [3.8, 4) is 0 Å². The minimum atomic E-state index is -0.0407. The molecule has 5 nitrogen and oxygen atoms in total. The number of carbonyl (C=O) groups excluding carboxylic acids is 2. The van der Waals surface area contributed by atoms with E-state index < -0.39 is 0 Å². The van der Waals surface area contributed by atoms with Crippen molar-refractivity contribution in [2.75, 3.05) is 12.3 Å². The Balaban J connectivity index is 1.22. The highest BCUT2D eigenvalue weighted by Crippen LogP contribution is 2.33. The third-order valence-electron chi connectivity index (χ3n) is 5.99. The molecule has 3 atom stereocenters. The van der Waals surface area contributed by atoms with E-state index in [2.05, 4.69) is 40.2 Å². The number of benzene rings is 2. The van der Waals surface area contributed by atoms with Gasteiger partial charge in [0.2, 0.25) is 5.91 Å². The van der Waals surface area contributed by atoms with Gasteiger partial charge in [-0.05, 0) is 24.0 Å². The van der Waals surface area contributed by atoms with Crippen molar-refractivity contribution < 1.29 is 9.59 Å². The lowest BCUT2D eigenvalue weighted by atomic mass is 9.91. The number of hydrogen-bond acceptors (Lipinski definition) is 3. The van der Waals surface area contributed by atoms with Crippen molar-refractivity contribution in [2.24, 2.45) is 0 Å². The van der Waals surface area contributed by atoms with Crippen LogP contribution in [0.15, 0.2) is 60.7 Å². The predicted octanol–water partition coefficient (Wildman–Crippen LogP) is 3.66. The lowest BCUT2D eigenvalue weighted by Gasteiger charge is -2.19. The van der Waals surface area contributed by atoms with Gasteiger partial charge in [-0.1, -0.05) is 67.1 Å². The van der Waals surface area contributed by atoms with E-state index in [4.69, 9.17) is 0 Å². The molecule has 2 fully saturated rings. The summed E-state index contributed by atoms with van der Waals surface area (Å²) in [6, 6.07) is 21.1. The topological polar surface area (TPSA) is 70.2 Å². The zero-order chi connectivity index (χ0) is 20.8. The molecule has 2 aromatic carbocycles. The number of carbonyl (C=O) groups is 2. The molecule has 3 N–H and O–H groups in total. The highest BCUT2D eigenvalue weighted by atomic mass is 32.2. The second-order valence-electron chi connectivity index (χ2n) is 8.05. The summed E-state index contributed by atoms with van der Waals surface area (Å²) in [7, 11) is 0. The van der Waals surface area contributed by atoms with Gasteiger partial charge in [0.05, 0.1) is 12.1 Å². The first kappa shape index (κ1) is 20.8. The van der Waals surface area contributed by atoms with Crippen LogP contribution >= 0.6 is 11.8 Å². The van der Waals surface area contributed by atoms with Crippen molar-refractivity contribution in [1.29, 1.82) is 0 Å². The Kier molecular flexibility index (Phi) is 6.95. The molecule has 0 aromatic heterocycles. The maximum Gasteiger partial charge on any atom is 0.315 e. The molecule has 0 bridgehead atoms. The number of urea groups is 1. The van der Waals surface area contributed by atoms with Gasteiger partial charge in [0.15, 0.2) is 0 Å². The summed E-state index contributed by atoms with van der Waals surface area (Å²) in [4.78, 5) is 23.9. The summed E-state index contributed by atoms with van der Waals surface area (Å²) in [6.45, 7) is 0.604. The average Bonchev–Trinajstić information content (AvgIpc) is 3.32. The minimum absolute atomic E-state index is 0.0407. The van der Waals surface area contributed by atoms with E-state index in [0.717, 1.165) is 25.0 Å². The number of unbranched alkanes of at least 4 members (excludes halogenated alkanes) is 1. The number of hydrogen-bond donors (Lipinski definition) is 3. The van der Waals surface area contributed by atoms with Crippen LogP contribution in [-0.2, 0) is 4.79 Å². The van der Waals surface area contributed by atoms with Gasteiger partial charge in [-0.2, -0.15) is 11.8 Å². The van der Waals surface area contributed by atoms with Gasteiger partial charge in [0.25, 0.3) is 0 Å². The zero-order valence-electron chi connectivity index (χ0n) is 17.1. The van der Waals surface area contributed by atoms with E-state index in [1.165, 1.54) is 11.1 Å². The summed E-state index contributed by atoms with van der Waals surface area (Å²) >= 11 is 1.93. The molecular weight excluding hydrogens is 394 g/mol. The molecule has 0 radical (unpaired) electrons. The van der Waals surface area contributed by atoms with Crippen molar-refractivity contribution >= 4 is 23.7 Å². The second kappa shape index (κ2) is 10.0. The molecular formula is C24H29N3O2S. The first-order chi connectivity index (χ1) is 14.7. The SMILES string of the molecule is O=C(CCCC[C@@H]1SC[C@@H]2NC(=O)N[C@@H]21)NCC(c1ccccc1)c1ccccc1. The molecule has 0 unspecified atom stereocenters. The molecule has 2 heterocycles. The summed E-state index contributed by atoms with van der Waals surface area (Å²) in [6.07, 6.45) is 3.47. The van der Waals surface area contributed by atoms with E-state index in [-0.39, 0.29) is 29.9 Å². The van der Waals surface area contributed by atoms with Crippen LogP contribution in [0.3, 0.4) is 0 Å². The van der Waals surface area contributed by atoms with Gasteiger partial charge in [0, 0.05) is 29.9 Å². The van der Waals surface area contributed by atoms with E-state index in [1.54, 1.807) is 0 Å². The predicted molar refractivity (Wildman–Crippen MR) is 122 cm³/mol. The maximum absolute atomic E-state index is 12.4. The van der Waals surface area contributed by atoms with E-state index in [1.807, 2.05) is 48.2 Å². The Morgan fingerprint density at radius 3 is 2.33 bits per heavy atom. The first-order valence-corrected chi connectivity index (χ1v) is 11.8. The number of amides is 3. The van der Waals surface area contributed by atoms with Crippen LogP contribution in [0.5, 0.6) is 0 Å². The Morgan fingerprint density at radius 1 is 1.00 bits per heavy atom. The normalized spacial score (nSPS) is 22.4. The highest BCUT2D eigenvalue weighted by Gasteiger charge is 2.42. The molecule has 30 heavy (non-hydrogen) atoms. The smallest absolute Gasteiger partial charge is 0.315 e. The molecule has 2 aromatic rings. The van der Waals surface area contributed by atoms with Crippen LogP contribution < -0.4 is 16.0 Å². The fraction of sp³-hybridized carbons (Fsp3) is 0.417. The lowest BCUT2D eigenvalue weighted by Crippen LogP contribution is -2.36. The summed E-state index contributed by atoms with van der Waals surface area (Å²) in [5, 5.41) is 9.60. The number of rotatable bonds is 9. The van der Waals surface area contributed by atoms with Crippen LogP contribution in [-0.4, -0.2) is 41.6 Å². The Labute approximate surface area is 182 Å². The Morgan fingerprint density at radius 2 is 1.67 bits per heavy atom. The molecule has 6 heteroatoms. The van der Waals surface area contributed by atoms with Crippen LogP contribution in [0, 0.1) is 0 Å². The summed E-state index contributed by atoms with van der Waals surface area (Å²) < 4.78 is 0. The molecule has 0 aliphatic carbocycles. The standard InChI is InChI=1S/C24H29N3O2S/c28-22(14-8-7-13-21-23-20(16-30-21)26-24(29)27-23)25-15-19(17-9-3-1-4-10-17)18-11-5-2-6-12-18/h1-6,9-12,19-21,23H,7-8,13-16H2,(H,25,28)(H2,26,27,29)/t20-,21-,23-/m0/s1. The summed E-state index contributed by atoms with van der Waals surface area (Å²) in [5.41, 5.74) is 2.42. The van der Waals surface area contributed by atoms with Crippen LogP contribution in [0.1, 0.15) is 42.7 Å². The highest BCUT2D eigenvalue weighted by molar-refractivity contribution is 8.00. The molecule has 2 aliphatic rings. The minimum Gasteiger partial charge on any atom is -0.355 e. The van der Waals surface area contributed by atoms with Gasteiger partial charge < -0.3 is 16.0 Å². The molecule has 2 aliphatic heterocycles. The fourth-order valence-corrected chi connectivity index (χ4v) is 5.92. The molecule has 0 spiro atoms. The molecule has 3 amide bonds. The Hall–Kier alpha value is -2.47.